The van der Waals surface area contributed by atoms with Crippen molar-refractivity contribution in [2.75, 3.05) is 18.6 Å². The summed E-state index contributed by atoms with van der Waals surface area (Å²) in [5.74, 6) is 0.715. The second-order valence-electron chi connectivity index (χ2n) is 4.16. The molecule has 5 heteroatoms. The highest BCUT2D eigenvalue weighted by Crippen LogP contribution is 2.12. The lowest BCUT2D eigenvalue weighted by Crippen LogP contribution is -2.41. The minimum atomic E-state index is -0.685. The van der Waals surface area contributed by atoms with E-state index in [9.17, 15) is 5.11 Å². The Balaban J connectivity index is 2.44. The van der Waals surface area contributed by atoms with Crippen molar-refractivity contribution < 1.29 is 5.11 Å². The molecule has 90 valence electrons. The molecule has 0 saturated carbocycles. The fraction of sp³-hybridized carbons (Fsp3) is 0.636. The van der Waals surface area contributed by atoms with Crippen LogP contribution in [0.5, 0.6) is 0 Å². The van der Waals surface area contributed by atoms with Crippen molar-refractivity contribution >= 4 is 11.8 Å². The van der Waals surface area contributed by atoms with E-state index in [4.69, 9.17) is 0 Å². The van der Waals surface area contributed by atoms with Crippen molar-refractivity contribution in [1.29, 1.82) is 0 Å². The van der Waals surface area contributed by atoms with Crippen LogP contribution in [0.3, 0.4) is 0 Å². The van der Waals surface area contributed by atoms with Crippen LogP contribution in [0.2, 0.25) is 0 Å². The molecule has 0 saturated heterocycles. The third-order valence-corrected chi connectivity index (χ3v) is 3.18. The van der Waals surface area contributed by atoms with Crippen LogP contribution in [0.25, 0.3) is 0 Å². The predicted octanol–water partition coefficient (Wildman–Crippen LogP) is 1.24. The monoisotopic (exact) mass is 241 g/mol. The third kappa shape index (κ3) is 4.47. The molecule has 1 rings (SSSR count). The highest BCUT2D eigenvalue weighted by atomic mass is 32.2. The summed E-state index contributed by atoms with van der Waals surface area (Å²) in [5, 5.41) is 13.2. The molecule has 4 nitrogen and oxygen atoms in total. The van der Waals surface area contributed by atoms with Crippen LogP contribution in [-0.4, -0.2) is 39.2 Å². The minimum Gasteiger partial charge on any atom is -0.388 e. The highest BCUT2D eigenvalue weighted by molar-refractivity contribution is 7.98. The number of nitrogens with zero attached hydrogens (tertiary/aromatic N) is 2. The van der Waals surface area contributed by atoms with Crippen LogP contribution in [0.4, 0.5) is 0 Å². The molecular formula is C11H19N3OS. The van der Waals surface area contributed by atoms with Crippen LogP contribution < -0.4 is 5.32 Å². The van der Waals surface area contributed by atoms with Crippen LogP contribution in [-0.2, 0) is 0 Å². The average molecular weight is 241 g/mol. The van der Waals surface area contributed by atoms with Gasteiger partial charge in [0.1, 0.15) is 0 Å². The summed E-state index contributed by atoms with van der Waals surface area (Å²) in [6, 6.07) is 0.0991. The van der Waals surface area contributed by atoms with Gasteiger partial charge in [-0.2, -0.15) is 11.8 Å². The standard InChI is InChI=1S/C11H19N3OS/c1-9(10-6-12-4-5-13-10)14-7-11(2,15)8-16-3/h4-6,9,14-15H,7-8H2,1-3H3. The zero-order valence-electron chi connectivity index (χ0n) is 9.97. The first-order valence-corrected chi connectivity index (χ1v) is 6.65. The molecule has 0 bridgehead atoms. The SMILES string of the molecule is CSCC(C)(O)CNC(C)c1cnccn1. The van der Waals surface area contributed by atoms with E-state index in [0.29, 0.717) is 12.3 Å². The maximum Gasteiger partial charge on any atom is 0.0833 e. The number of hydrogen-bond acceptors (Lipinski definition) is 5. The molecule has 16 heavy (non-hydrogen) atoms. The van der Waals surface area contributed by atoms with E-state index >= 15 is 0 Å². The molecule has 0 aliphatic carbocycles. The van der Waals surface area contributed by atoms with Gasteiger partial charge in [0.15, 0.2) is 0 Å². The fourth-order valence-electron chi connectivity index (χ4n) is 1.37. The summed E-state index contributed by atoms with van der Waals surface area (Å²) in [6.07, 6.45) is 7.05. The number of rotatable bonds is 6. The van der Waals surface area contributed by atoms with Gasteiger partial charge in [-0.1, -0.05) is 0 Å². The molecule has 0 spiro atoms. The van der Waals surface area contributed by atoms with Crippen LogP contribution >= 0.6 is 11.8 Å². The topological polar surface area (TPSA) is 58.0 Å². The van der Waals surface area contributed by atoms with Crippen molar-refractivity contribution in [2.24, 2.45) is 0 Å². The maximum absolute atomic E-state index is 9.99. The lowest BCUT2D eigenvalue weighted by molar-refractivity contribution is 0.0819. The summed E-state index contributed by atoms with van der Waals surface area (Å²) in [6.45, 7) is 4.39. The molecule has 2 N–H and O–H groups in total. The largest absolute Gasteiger partial charge is 0.388 e. The molecule has 1 aromatic rings. The predicted molar refractivity (Wildman–Crippen MR) is 67.5 cm³/mol. The maximum atomic E-state index is 9.99. The van der Waals surface area contributed by atoms with E-state index < -0.39 is 5.60 Å². The smallest absolute Gasteiger partial charge is 0.0833 e. The minimum absolute atomic E-state index is 0.0991. The van der Waals surface area contributed by atoms with Gasteiger partial charge in [0, 0.05) is 36.9 Å². The van der Waals surface area contributed by atoms with Crippen molar-refractivity contribution in [1.82, 2.24) is 15.3 Å². The lowest BCUT2D eigenvalue weighted by atomic mass is 10.1. The number of thioether (sulfide) groups is 1. The molecule has 1 aromatic heterocycles. The van der Waals surface area contributed by atoms with Crippen LogP contribution in [0, 0.1) is 0 Å². The van der Waals surface area contributed by atoms with E-state index in [1.165, 1.54) is 0 Å². The second kappa shape index (κ2) is 6.18. The molecule has 2 unspecified atom stereocenters. The van der Waals surface area contributed by atoms with Gasteiger partial charge in [0.2, 0.25) is 0 Å². The Kier molecular flexibility index (Phi) is 5.18. The highest BCUT2D eigenvalue weighted by Gasteiger charge is 2.20. The molecular weight excluding hydrogens is 222 g/mol. The van der Waals surface area contributed by atoms with Gasteiger partial charge in [0.05, 0.1) is 11.3 Å². The zero-order chi connectivity index (χ0) is 12.0. The molecule has 0 fully saturated rings. The van der Waals surface area contributed by atoms with E-state index in [1.807, 2.05) is 20.1 Å². The van der Waals surface area contributed by atoms with Crippen molar-refractivity contribution in [3.05, 3.63) is 24.3 Å². The molecule has 0 aliphatic rings. The van der Waals surface area contributed by atoms with Gasteiger partial charge >= 0.3 is 0 Å². The Morgan fingerprint density at radius 2 is 2.31 bits per heavy atom. The van der Waals surface area contributed by atoms with E-state index in [2.05, 4.69) is 15.3 Å². The Morgan fingerprint density at radius 3 is 2.88 bits per heavy atom. The summed E-state index contributed by atoms with van der Waals surface area (Å²) in [7, 11) is 0. The Morgan fingerprint density at radius 1 is 1.56 bits per heavy atom. The molecule has 0 aromatic carbocycles. The normalized spacial score (nSPS) is 16.8. The molecule has 2 atom stereocenters. The quantitative estimate of drug-likeness (QED) is 0.785. The Hall–Kier alpha value is -0.650. The van der Waals surface area contributed by atoms with E-state index in [-0.39, 0.29) is 6.04 Å². The van der Waals surface area contributed by atoms with Crippen LogP contribution in [0.1, 0.15) is 25.6 Å². The number of aliphatic hydroxyl groups is 1. The number of nitrogens with one attached hydrogen (secondary N) is 1. The Bertz CT molecular complexity index is 305. The zero-order valence-corrected chi connectivity index (χ0v) is 10.8. The van der Waals surface area contributed by atoms with Crippen molar-refractivity contribution in [3.8, 4) is 0 Å². The van der Waals surface area contributed by atoms with Gasteiger partial charge in [-0.25, -0.2) is 0 Å². The summed E-state index contributed by atoms with van der Waals surface area (Å²) >= 11 is 1.64. The molecule has 0 aliphatic heterocycles. The van der Waals surface area contributed by atoms with E-state index in [1.54, 1.807) is 30.4 Å². The summed E-state index contributed by atoms with van der Waals surface area (Å²) in [4.78, 5) is 8.23. The fourth-order valence-corrected chi connectivity index (χ4v) is 2.10. The second-order valence-corrected chi connectivity index (χ2v) is 5.03. The van der Waals surface area contributed by atoms with E-state index in [0.717, 1.165) is 5.69 Å². The van der Waals surface area contributed by atoms with Crippen LogP contribution in [0.15, 0.2) is 18.6 Å². The molecule has 0 amide bonds. The first-order chi connectivity index (χ1) is 7.55. The Labute approximate surface area is 101 Å². The average Bonchev–Trinajstić information content (AvgIpc) is 2.27. The number of aromatic nitrogens is 2. The van der Waals surface area contributed by atoms with Gasteiger partial charge in [-0.15, -0.1) is 0 Å². The first kappa shape index (κ1) is 13.4. The molecule has 1 heterocycles. The lowest BCUT2D eigenvalue weighted by Gasteiger charge is -2.24. The van der Waals surface area contributed by atoms with Gasteiger partial charge in [-0.05, 0) is 20.1 Å². The summed E-state index contributed by atoms with van der Waals surface area (Å²) < 4.78 is 0. The van der Waals surface area contributed by atoms with Gasteiger partial charge < -0.3 is 10.4 Å². The summed E-state index contributed by atoms with van der Waals surface area (Å²) in [5.41, 5.74) is 0.207. The van der Waals surface area contributed by atoms with Gasteiger partial charge in [-0.3, -0.25) is 9.97 Å². The molecule has 0 radical (unpaired) electrons. The third-order valence-electron chi connectivity index (χ3n) is 2.27. The van der Waals surface area contributed by atoms with Crippen molar-refractivity contribution in [3.63, 3.8) is 0 Å². The first-order valence-electron chi connectivity index (χ1n) is 5.26. The van der Waals surface area contributed by atoms with Crippen molar-refractivity contribution in [2.45, 2.75) is 25.5 Å². The number of hydrogen-bond donors (Lipinski definition) is 2. The van der Waals surface area contributed by atoms with Gasteiger partial charge in [0.25, 0.3) is 0 Å².